The van der Waals surface area contributed by atoms with Crippen molar-refractivity contribution in [3.05, 3.63) is 24.3 Å². The van der Waals surface area contributed by atoms with Crippen molar-refractivity contribution >= 4 is 11.9 Å². The second-order valence-corrected chi connectivity index (χ2v) is 20.1. The van der Waals surface area contributed by atoms with Crippen LogP contribution in [0, 0.1) is 0 Å². The lowest BCUT2D eigenvalue weighted by Gasteiger charge is -2.42. The summed E-state index contributed by atoms with van der Waals surface area (Å²) in [6, 6.07) is 0. The molecule has 11 atom stereocenters. The van der Waals surface area contributed by atoms with E-state index in [1.165, 1.54) is 128 Å². The molecular formula is C56H102O15. The minimum atomic E-state index is -1.76. The van der Waals surface area contributed by atoms with Gasteiger partial charge in [-0.15, -0.1) is 0 Å². The van der Waals surface area contributed by atoms with Crippen LogP contribution in [0.1, 0.15) is 226 Å². The van der Waals surface area contributed by atoms with Gasteiger partial charge in [-0.25, -0.2) is 0 Å². The van der Waals surface area contributed by atoms with Crippen LogP contribution in [0.3, 0.4) is 0 Å². The van der Waals surface area contributed by atoms with Crippen molar-refractivity contribution in [1.29, 1.82) is 0 Å². The molecule has 0 amide bonds. The molecule has 2 fully saturated rings. The Morgan fingerprint density at radius 2 is 0.803 bits per heavy atom. The first-order chi connectivity index (χ1) is 34.5. The molecule has 2 saturated heterocycles. The lowest BCUT2D eigenvalue weighted by atomic mass is 9.98. The molecule has 0 aromatic heterocycles. The smallest absolute Gasteiger partial charge is 0.306 e. The van der Waals surface area contributed by atoms with Crippen LogP contribution in [-0.2, 0) is 38.0 Å². The fourth-order valence-corrected chi connectivity index (χ4v) is 8.97. The Bertz CT molecular complexity index is 1330. The first kappa shape index (κ1) is 65.1. The zero-order valence-electron chi connectivity index (χ0n) is 44.2. The van der Waals surface area contributed by atoms with Gasteiger partial charge >= 0.3 is 11.9 Å². The molecule has 15 heteroatoms. The maximum absolute atomic E-state index is 13.0. The second kappa shape index (κ2) is 43.2. The van der Waals surface area contributed by atoms with E-state index in [9.17, 15) is 45.3 Å². The molecule has 0 aliphatic carbocycles. The number of carbonyl (C=O) groups excluding carboxylic acids is 2. The van der Waals surface area contributed by atoms with Crippen molar-refractivity contribution in [2.24, 2.45) is 0 Å². The van der Waals surface area contributed by atoms with Gasteiger partial charge in [0.25, 0.3) is 0 Å². The first-order valence-electron chi connectivity index (χ1n) is 28.4. The summed E-state index contributed by atoms with van der Waals surface area (Å²) in [4.78, 5) is 25.8. The molecule has 15 nitrogen and oxygen atoms in total. The van der Waals surface area contributed by atoms with Crippen molar-refractivity contribution in [3.8, 4) is 0 Å². The predicted octanol–water partition coefficient (Wildman–Crippen LogP) is 9.11. The number of allylic oxidation sites excluding steroid dienone is 4. The average molecular weight is 1020 g/mol. The highest BCUT2D eigenvalue weighted by Crippen LogP contribution is 2.27. The van der Waals surface area contributed by atoms with Crippen LogP contribution in [0.25, 0.3) is 0 Å². The van der Waals surface area contributed by atoms with Gasteiger partial charge in [0.2, 0.25) is 0 Å². The zero-order valence-corrected chi connectivity index (χ0v) is 44.2. The topological polar surface area (TPSA) is 231 Å². The molecule has 2 aliphatic heterocycles. The zero-order chi connectivity index (χ0) is 51.7. The summed E-state index contributed by atoms with van der Waals surface area (Å²) >= 11 is 0. The van der Waals surface area contributed by atoms with Crippen LogP contribution in [0.5, 0.6) is 0 Å². The molecule has 4 unspecified atom stereocenters. The Morgan fingerprint density at radius 1 is 0.437 bits per heavy atom. The van der Waals surface area contributed by atoms with E-state index in [4.69, 9.17) is 28.4 Å². The summed E-state index contributed by atoms with van der Waals surface area (Å²) < 4.78 is 33.6. The molecular weight excluding hydrogens is 913 g/mol. The van der Waals surface area contributed by atoms with Crippen LogP contribution in [0.15, 0.2) is 24.3 Å². The lowest BCUT2D eigenvalue weighted by molar-refractivity contribution is -0.332. The summed E-state index contributed by atoms with van der Waals surface area (Å²) in [5.74, 6) is -0.927. The third-order valence-electron chi connectivity index (χ3n) is 13.7. The summed E-state index contributed by atoms with van der Waals surface area (Å²) in [6.07, 6.45) is 29.2. The Morgan fingerprint density at radius 3 is 1.24 bits per heavy atom. The molecule has 7 N–H and O–H groups in total. The van der Waals surface area contributed by atoms with Gasteiger partial charge in [0.15, 0.2) is 18.7 Å². The number of aliphatic hydroxyl groups excluding tert-OH is 7. The van der Waals surface area contributed by atoms with Crippen molar-refractivity contribution in [2.45, 2.75) is 293 Å². The Hall–Kier alpha value is -2.02. The van der Waals surface area contributed by atoms with Crippen LogP contribution in [-0.4, -0.2) is 142 Å². The van der Waals surface area contributed by atoms with Crippen molar-refractivity contribution in [2.75, 3.05) is 26.4 Å². The fourth-order valence-electron chi connectivity index (χ4n) is 8.97. The van der Waals surface area contributed by atoms with E-state index in [0.29, 0.717) is 12.8 Å². The minimum absolute atomic E-state index is 0.157. The highest BCUT2D eigenvalue weighted by Gasteiger charge is 2.47. The van der Waals surface area contributed by atoms with E-state index in [1.807, 2.05) is 0 Å². The molecule has 0 saturated carbocycles. The number of aliphatic hydroxyl groups is 7. The molecule has 0 radical (unpaired) electrons. The molecule has 0 spiro atoms. The molecule has 71 heavy (non-hydrogen) atoms. The van der Waals surface area contributed by atoms with E-state index in [-0.39, 0.29) is 26.1 Å². The minimum Gasteiger partial charge on any atom is -0.462 e. The largest absolute Gasteiger partial charge is 0.462 e. The molecule has 0 aromatic carbocycles. The molecule has 416 valence electrons. The highest BCUT2D eigenvalue weighted by atomic mass is 16.7. The van der Waals surface area contributed by atoms with Gasteiger partial charge < -0.3 is 64.2 Å². The van der Waals surface area contributed by atoms with Crippen molar-refractivity contribution in [1.82, 2.24) is 0 Å². The van der Waals surface area contributed by atoms with E-state index < -0.39 is 92.7 Å². The van der Waals surface area contributed by atoms with Crippen LogP contribution in [0.2, 0.25) is 0 Å². The highest BCUT2D eigenvalue weighted by molar-refractivity contribution is 5.70. The maximum Gasteiger partial charge on any atom is 0.306 e. The lowest BCUT2D eigenvalue weighted by Crippen LogP contribution is -2.61. The average Bonchev–Trinajstić information content (AvgIpc) is 3.36. The number of ether oxygens (including phenoxy) is 6. The number of hydrogen-bond donors (Lipinski definition) is 7. The summed E-state index contributed by atoms with van der Waals surface area (Å²) in [5.41, 5.74) is 0. The molecule has 0 aromatic rings. The Balaban J connectivity index is 1.75. The van der Waals surface area contributed by atoms with Crippen LogP contribution in [0.4, 0.5) is 0 Å². The quantitative estimate of drug-likeness (QED) is 0.0171. The number of esters is 2. The Kier molecular flexibility index (Phi) is 39.6. The number of hydrogen-bond acceptors (Lipinski definition) is 15. The maximum atomic E-state index is 13.0. The molecule has 2 heterocycles. The number of unbranched alkanes of at least 4 members (excludes halogenated alkanes) is 27. The summed E-state index contributed by atoms with van der Waals surface area (Å²) in [6.45, 7) is 2.60. The van der Waals surface area contributed by atoms with E-state index in [1.54, 1.807) is 0 Å². The van der Waals surface area contributed by atoms with Crippen LogP contribution >= 0.6 is 0 Å². The SMILES string of the molecule is CCCCCCC/C=C/CCCCCCCC(=O)O[C@@H](COC(=O)CCCCCCCCCCCCC/C=C/CCCCCCCC)CO[C@@H]1O[C@H](CO[C@@H]2O[C@H](CO)[C@H](O)C(O)C2O)[C@H](O)C(O)C1O. The molecule has 2 rings (SSSR count). The summed E-state index contributed by atoms with van der Waals surface area (Å²) in [7, 11) is 0. The predicted molar refractivity (Wildman–Crippen MR) is 275 cm³/mol. The van der Waals surface area contributed by atoms with Crippen molar-refractivity contribution in [3.63, 3.8) is 0 Å². The first-order valence-corrected chi connectivity index (χ1v) is 28.4. The third-order valence-corrected chi connectivity index (χ3v) is 13.7. The van der Waals surface area contributed by atoms with E-state index >= 15 is 0 Å². The van der Waals surface area contributed by atoms with Crippen molar-refractivity contribution < 1.29 is 73.8 Å². The molecule has 0 bridgehead atoms. The number of carbonyl (C=O) groups is 2. The number of rotatable bonds is 45. The standard InChI is InChI=1S/C56H102O15/c1-3-5-7-9-11-13-15-17-19-20-21-22-23-24-25-27-28-30-32-34-36-38-47(58)66-41-44(69-48(59)39-37-35-33-31-29-26-18-16-14-12-10-8-6-4-2)42-67-55-54(65)52(63)50(61)46(71-55)43-68-56-53(64)51(62)49(60)45(40-57)70-56/h16-19,44-46,49-57,60-65H,3-15,20-43H2,1-2H3/b18-16+,19-17+/t44-,45+,46+,49-,50-,51?,52?,53?,54?,55+,56+/m0/s1. The van der Waals surface area contributed by atoms with Gasteiger partial charge in [-0.05, 0) is 64.2 Å². The van der Waals surface area contributed by atoms with Gasteiger partial charge in [0.1, 0.15) is 55.4 Å². The van der Waals surface area contributed by atoms with Gasteiger partial charge in [0.05, 0.1) is 19.8 Å². The summed E-state index contributed by atoms with van der Waals surface area (Å²) in [5, 5.41) is 72.2. The normalized spacial score (nSPS) is 25.3. The fraction of sp³-hybridized carbons (Fsp3) is 0.893. The van der Waals surface area contributed by atoms with Gasteiger partial charge in [-0.2, -0.15) is 0 Å². The third kappa shape index (κ3) is 30.8. The van der Waals surface area contributed by atoms with Crippen LogP contribution < -0.4 is 0 Å². The van der Waals surface area contributed by atoms with Gasteiger partial charge in [-0.1, -0.05) is 173 Å². The second-order valence-electron chi connectivity index (χ2n) is 20.1. The van der Waals surface area contributed by atoms with Gasteiger partial charge in [0, 0.05) is 12.8 Å². The monoisotopic (exact) mass is 1010 g/mol. The van der Waals surface area contributed by atoms with Gasteiger partial charge in [-0.3, -0.25) is 9.59 Å². The van der Waals surface area contributed by atoms with E-state index in [0.717, 1.165) is 57.8 Å². The molecule has 2 aliphatic rings. The van der Waals surface area contributed by atoms with E-state index in [2.05, 4.69) is 38.2 Å². The Labute approximate surface area is 428 Å².